The predicted molar refractivity (Wildman–Crippen MR) is 105 cm³/mol. The van der Waals surface area contributed by atoms with Crippen LogP contribution in [0.1, 0.15) is 18.1 Å². The number of hydrogen-bond acceptors (Lipinski definition) is 4. The first-order valence-corrected chi connectivity index (χ1v) is 9.02. The smallest absolute Gasteiger partial charge is 0.339 e. The summed E-state index contributed by atoms with van der Waals surface area (Å²) in [6.07, 6.45) is 0.623. The van der Waals surface area contributed by atoms with E-state index >= 15 is 0 Å². The highest BCUT2D eigenvalue weighted by molar-refractivity contribution is 9.10. The van der Waals surface area contributed by atoms with Gasteiger partial charge in [-0.2, -0.15) is 0 Å². The Morgan fingerprint density at radius 1 is 1.23 bits per heavy atom. The summed E-state index contributed by atoms with van der Waals surface area (Å²) in [5.41, 5.74) is 2.39. The molecule has 5 nitrogen and oxygen atoms in total. The fraction of sp³-hybridized carbons (Fsp3) is 0.200. The van der Waals surface area contributed by atoms with E-state index in [1.807, 2.05) is 38.1 Å². The van der Waals surface area contributed by atoms with E-state index in [9.17, 15) is 9.59 Å². The number of hydrogen-bond donors (Lipinski definition) is 1. The summed E-state index contributed by atoms with van der Waals surface area (Å²) in [5, 5.41) is 3.63. The molecule has 1 N–H and O–H groups in total. The third kappa shape index (κ3) is 3.80. The Balaban J connectivity index is 1.74. The number of nitrogens with one attached hydrogen (secondary N) is 1. The number of benzene rings is 2. The van der Waals surface area contributed by atoms with Gasteiger partial charge in [0.25, 0.3) is 5.91 Å². The fourth-order valence-electron chi connectivity index (χ4n) is 2.77. The number of rotatable bonds is 5. The summed E-state index contributed by atoms with van der Waals surface area (Å²) in [5.74, 6) is 0.183. The van der Waals surface area contributed by atoms with Gasteiger partial charge in [-0.25, -0.2) is 4.79 Å². The van der Waals surface area contributed by atoms with Gasteiger partial charge in [-0.05, 0) is 59.1 Å². The lowest BCUT2D eigenvalue weighted by molar-refractivity contribution is -0.118. The van der Waals surface area contributed by atoms with Crippen molar-refractivity contribution in [1.29, 1.82) is 0 Å². The molecular weight excluding hydrogens is 398 g/mol. The van der Waals surface area contributed by atoms with Crippen LogP contribution in [0.25, 0.3) is 11.0 Å². The van der Waals surface area contributed by atoms with Gasteiger partial charge in [0.2, 0.25) is 0 Å². The number of amides is 1. The predicted octanol–water partition coefficient (Wildman–Crippen LogP) is 4.44. The first-order chi connectivity index (χ1) is 12.5. The molecule has 3 aromatic rings. The van der Waals surface area contributed by atoms with Crippen molar-refractivity contribution in [2.24, 2.45) is 0 Å². The SMILES string of the molecule is CCc1c(C)c2ccc(OCC(=O)Nc3ccccc3Br)cc2oc1=O. The van der Waals surface area contributed by atoms with Crippen molar-refractivity contribution in [1.82, 2.24) is 0 Å². The van der Waals surface area contributed by atoms with E-state index < -0.39 is 0 Å². The number of anilines is 1. The Hall–Kier alpha value is -2.60. The molecule has 3 rings (SSSR count). The van der Waals surface area contributed by atoms with Crippen molar-refractivity contribution in [2.45, 2.75) is 20.3 Å². The maximum absolute atomic E-state index is 12.1. The fourth-order valence-corrected chi connectivity index (χ4v) is 3.15. The van der Waals surface area contributed by atoms with E-state index in [1.165, 1.54) is 0 Å². The van der Waals surface area contributed by atoms with Crippen LogP contribution in [-0.4, -0.2) is 12.5 Å². The lowest BCUT2D eigenvalue weighted by atomic mass is 10.0. The molecule has 0 aliphatic carbocycles. The van der Waals surface area contributed by atoms with Crippen LogP contribution < -0.4 is 15.7 Å². The molecule has 0 radical (unpaired) electrons. The van der Waals surface area contributed by atoms with Crippen molar-refractivity contribution in [2.75, 3.05) is 11.9 Å². The molecule has 1 amide bonds. The summed E-state index contributed by atoms with van der Waals surface area (Å²) in [6.45, 7) is 3.68. The number of fused-ring (bicyclic) bond motifs is 1. The van der Waals surface area contributed by atoms with Crippen LogP contribution >= 0.6 is 15.9 Å². The zero-order chi connectivity index (χ0) is 18.7. The van der Waals surface area contributed by atoms with E-state index in [1.54, 1.807) is 18.2 Å². The highest BCUT2D eigenvalue weighted by Crippen LogP contribution is 2.25. The second-order valence-corrected chi connectivity index (χ2v) is 6.68. The van der Waals surface area contributed by atoms with Gasteiger partial charge in [-0.1, -0.05) is 19.1 Å². The summed E-state index contributed by atoms with van der Waals surface area (Å²) in [6, 6.07) is 12.6. The van der Waals surface area contributed by atoms with Crippen molar-refractivity contribution >= 4 is 38.5 Å². The average Bonchev–Trinajstić information content (AvgIpc) is 2.62. The molecule has 2 aromatic carbocycles. The highest BCUT2D eigenvalue weighted by atomic mass is 79.9. The molecule has 134 valence electrons. The molecule has 1 aromatic heterocycles. The summed E-state index contributed by atoms with van der Waals surface area (Å²) < 4.78 is 11.7. The summed E-state index contributed by atoms with van der Waals surface area (Å²) in [7, 11) is 0. The number of carbonyl (C=O) groups is 1. The molecule has 0 saturated heterocycles. The molecule has 0 saturated carbocycles. The topological polar surface area (TPSA) is 68.5 Å². The van der Waals surface area contributed by atoms with Crippen LogP contribution in [0.3, 0.4) is 0 Å². The maximum atomic E-state index is 12.1. The van der Waals surface area contributed by atoms with E-state index in [4.69, 9.17) is 9.15 Å². The van der Waals surface area contributed by atoms with Gasteiger partial charge in [0.15, 0.2) is 6.61 Å². The second-order valence-electron chi connectivity index (χ2n) is 5.82. The third-order valence-corrected chi connectivity index (χ3v) is 4.82. The molecule has 6 heteroatoms. The normalized spacial score (nSPS) is 10.7. The quantitative estimate of drug-likeness (QED) is 0.625. The lowest BCUT2D eigenvalue weighted by Gasteiger charge is -2.10. The Morgan fingerprint density at radius 3 is 2.73 bits per heavy atom. The van der Waals surface area contributed by atoms with E-state index in [0.717, 1.165) is 15.4 Å². The van der Waals surface area contributed by atoms with Crippen LogP contribution in [0.2, 0.25) is 0 Å². The Labute approximate surface area is 159 Å². The number of para-hydroxylation sites is 1. The van der Waals surface area contributed by atoms with Crippen molar-refractivity contribution < 1.29 is 13.9 Å². The van der Waals surface area contributed by atoms with E-state index in [2.05, 4.69) is 21.2 Å². The monoisotopic (exact) mass is 415 g/mol. The molecule has 0 fully saturated rings. The van der Waals surface area contributed by atoms with Gasteiger partial charge in [0.1, 0.15) is 11.3 Å². The van der Waals surface area contributed by atoms with Gasteiger partial charge in [-0.3, -0.25) is 4.79 Å². The number of halogens is 1. The molecule has 26 heavy (non-hydrogen) atoms. The minimum absolute atomic E-state index is 0.150. The second kappa shape index (κ2) is 7.74. The standard InChI is InChI=1S/C20H18BrNO4/c1-3-14-12(2)15-9-8-13(10-18(15)26-20(14)24)25-11-19(23)22-17-7-5-4-6-16(17)21/h4-10H,3,11H2,1-2H3,(H,22,23). The minimum Gasteiger partial charge on any atom is -0.484 e. The maximum Gasteiger partial charge on any atom is 0.339 e. The van der Waals surface area contributed by atoms with E-state index in [-0.39, 0.29) is 18.1 Å². The van der Waals surface area contributed by atoms with Crippen molar-refractivity contribution in [3.05, 3.63) is 68.5 Å². The molecule has 1 heterocycles. The van der Waals surface area contributed by atoms with Crippen molar-refractivity contribution in [3.8, 4) is 5.75 Å². The summed E-state index contributed by atoms with van der Waals surface area (Å²) >= 11 is 3.38. The van der Waals surface area contributed by atoms with Crippen LogP contribution in [-0.2, 0) is 11.2 Å². The van der Waals surface area contributed by atoms with Crippen LogP contribution in [0.5, 0.6) is 5.75 Å². The van der Waals surface area contributed by atoms with Gasteiger partial charge < -0.3 is 14.5 Å². The average molecular weight is 416 g/mol. The highest BCUT2D eigenvalue weighted by Gasteiger charge is 2.11. The Morgan fingerprint density at radius 2 is 2.00 bits per heavy atom. The Bertz CT molecular complexity index is 1030. The number of carbonyl (C=O) groups excluding carboxylic acids is 1. The molecule has 0 spiro atoms. The van der Waals surface area contributed by atoms with Crippen molar-refractivity contribution in [3.63, 3.8) is 0 Å². The zero-order valence-corrected chi connectivity index (χ0v) is 16.1. The molecule has 0 bridgehead atoms. The first-order valence-electron chi connectivity index (χ1n) is 8.23. The largest absolute Gasteiger partial charge is 0.484 e. The van der Waals surface area contributed by atoms with E-state index in [0.29, 0.717) is 29.0 Å². The third-order valence-electron chi connectivity index (χ3n) is 4.13. The van der Waals surface area contributed by atoms with Gasteiger partial charge in [0.05, 0.1) is 5.69 Å². The minimum atomic E-state index is -0.332. The molecule has 0 atom stereocenters. The molecule has 0 aliphatic heterocycles. The first kappa shape index (κ1) is 18.2. The van der Waals surface area contributed by atoms with Gasteiger partial charge >= 0.3 is 5.63 Å². The lowest BCUT2D eigenvalue weighted by Crippen LogP contribution is -2.20. The number of ether oxygens (including phenoxy) is 1. The van der Waals surface area contributed by atoms with Gasteiger partial charge in [-0.15, -0.1) is 0 Å². The zero-order valence-electron chi connectivity index (χ0n) is 14.5. The van der Waals surface area contributed by atoms with Crippen LogP contribution in [0.15, 0.2) is 56.1 Å². The van der Waals surface area contributed by atoms with Crippen LogP contribution in [0, 0.1) is 6.92 Å². The Kier molecular flexibility index (Phi) is 5.42. The molecule has 0 aliphatic rings. The van der Waals surface area contributed by atoms with Crippen LogP contribution in [0.4, 0.5) is 5.69 Å². The molecular formula is C20H18BrNO4. The molecule has 0 unspecified atom stereocenters. The number of aryl methyl sites for hydroxylation is 1. The van der Waals surface area contributed by atoms with Gasteiger partial charge in [0, 0.05) is 21.5 Å². The summed E-state index contributed by atoms with van der Waals surface area (Å²) in [4.78, 5) is 24.1.